The minimum atomic E-state index is -3.60. The summed E-state index contributed by atoms with van der Waals surface area (Å²) in [5.74, 6) is 0.876. The normalized spacial score (nSPS) is 17.9. The van der Waals surface area contributed by atoms with E-state index in [9.17, 15) is 8.42 Å². The van der Waals surface area contributed by atoms with E-state index in [1.807, 2.05) is 6.92 Å². The average Bonchev–Trinajstić information content (AvgIpc) is 2.97. The van der Waals surface area contributed by atoms with Crippen molar-refractivity contribution in [3.63, 3.8) is 0 Å². The van der Waals surface area contributed by atoms with Gasteiger partial charge in [0.25, 0.3) is 0 Å². The van der Waals surface area contributed by atoms with Crippen molar-refractivity contribution >= 4 is 26.0 Å². The fourth-order valence-electron chi connectivity index (χ4n) is 1.89. The maximum absolute atomic E-state index is 12.1. The molecule has 0 aromatic carbocycles. The van der Waals surface area contributed by atoms with Crippen molar-refractivity contribution in [2.24, 2.45) is 5.92 Å². The van der Waals surface area contributed by atoms with Crippen LogP contribution in [-0.4, -0.2) is 19.6 Å². The lowest BCUT2D eigenvalue weighted by Crippen LogP contribution is -2.32. The number of aliphatic hydroxyl groups excluding tert-OH is 1. The molecule has 18 heavy (non-hydrogen) atoms. The second kappa shape index (κ2) is 5.32. The Morgan fingerprint density at radius 1 is 1.61 bits per heavy atom. The summed E-state index contributed by atoms with van der Waals surface area (Å²) in [6.45, 7) is 1.53. The van der Waals surface area contributed by atoms with Crippen molar-refractivity contribution in [1.29, 1.82) is 0 Å². The molecule has 1 aromatic rings. The van der Waals surface area contributed by atoms with E-state index >= 15 is 0 Å². The molecule has 2 rings (SSSR count). The minimum Gasteiger partial charge on any atom is -0.450 e. The van der Waals surface area contributed by atoms with Crippen LogP contribution in [0.4, 0.5) is 0 Å². The van der Waals surface area contributed by atoms with E-state index in [2.05, 4.69) is 20.7 Å². The molecule has 1 atom stereocenters. The Morgan fingerprint density at radius 2 is 2.28 bits per heavy atom. The maximum Gasteiger partial charge on any atom is 0.245 e. The van der Waals surface area contributed by atoms with Crippen molar-refractivity contribution in [3.05, 3.63) is 16.5 Å². The fourth-order valence-corrected chi connectivity index (χ4v) is 4.14. The lowest BCUT2D eigenvalue weighted by Gasteiger charge is -2.12. The van der Waals surface area contributed by atoms with Crippen LogP contribution in [0, 0.1) is 5.92 Å². The molecule has 5 nitrogen and oxygen atoms in total. The first-order valence-electron chi connectivity index (χ1n) is 5.83. The van der Waals surface area contributed by atoms with Crippen LogP contribution in [0.15, 0.2) is 20.0 Å². The van der Waals surface area contributed by atoms with Crippen molar-refractivity contribution in [1.82, 2.24) is 4.72 Å². The monoisotopic (exact) mass is 337 g/mol. The summed E-state index contributed by atoms with van der Waals surface area (Å²) in [5, 5.41) is 8.92. The first-order chi connectivity index (χ1) is 8.42. The van der Waals surface area contributed by atoms with Crippen LogP contribution < -0.4 is 4.72 Å². The predicted octanol–water partition coefficient (Wildman–Crippen LogP) is 2.00. The lowest BCUT2D eigenvalue weighted by atomic mass is 10.2. The van der Waals surface area contributed by atoms with Crippen molar-refractivity contribution in [2.45, 2.75) is 43.7 Å². The number of hydrogen-bond donors (Lipinski definition) is 2. The molecule has 1 aliphatic carbocycles. The van der Waals surface area contributed by atoms with E-state index < -0.39 is 10.0 Å². The zero-order valence-electron chi connectivity index (χ0n) is 10.0. The van der Waals surface area contributed by atoms with Crippen LogP contribution in [0.5, 0.6) is 0 Å². The van der Waals surface area contributed by atoms with Crippen molar-refractivity contribution in [3.8, 4) is 0 Å². The minimum absolute atomic E-state index is 0.0363. The summed E-state index contributed by atoms with van der Waals surface area (Å²) in [6.07, 6.45) is 3.24. The van der Waals surface area contributed by atoms with Gasteiger partial charge in [-0.25, -0.2) is 13.1 Å². The van der Waals surface area contributed by atoms with Gasteiger partial charge in [0.2, 0.25) is 10.0 Å². The van der Waals surface area contributed by atoms with Crippen LogP contribution in [0.25, 0.3) is 0 Å². The standard InChI is InChI=1S/C11H16BrNO4S/c1-7(4-8-2-3-8)13-18(15,16)10-5-9(6-14)17-11(10)12/h5,7-8,13-14H,2-4,6H2,1H3. The first-order valence-corrected chi connectivity index (χ1v) is 8.11. The molecule has 1 aromatic heterocycles. The van der Waals surface area contributed by atoms with Crippen molar-refractivity contribution in [2.75, 3.05) is 0 Å². The Labute approximate surface area is 115 Å². The average molecular weight is 338 g/mol. The summed E-state index contributed by atoms with van der Waals surface area (Å²) in [5.41, 5.74) is 0. The van der Waals surface area contributed by atoms with Gasteiger partial charge in [0.05, 0.1) is 0 Å². The molecule has 1 fully saturated rings. The van der Waals surface area contributed by atoms with E-state index in [4.69, 9.17) is 9.52 Å². The molecular formula is C11H16BrNO4S. The second-order valence-corrected chi connectivity index (χ2v) is 7.11. The van der Waals surface area contributed by atoms with E-state index in [1.54, 1.807) is 0 Å². The van der Waals surface area contributed by atoms with Crippen LogP contribution in [0.2, 0.25) is 0 Å². The molecule has 1 heterocycles. The number of sulfonamides is 1. The topological polar surface area (TPSA) is 79.5 Å². The molecule has 0 aliphatic heterocycles. The molecule has 0 bridgehead atoms. The summed E-state index contributed by atoms with van der Waals surface area (Å²) in [6, 6.07) is 1.23. The van der Waals surface area contributed by atoms with E-state index in [0.717, 1.165) is 6.42 Å². The van der Waals surface area contributed by atoms with Gasteiger partial charge >= 0.3 is 0 Å². The maximum atomic E-state index is 12.1. The zero-order valence-corrected chi connectivity index (χ0v) is 12.4. The molecular weight excluding hydrogens is 322 g/mol. The first kappa shape index (κ1) is 14.0. The molecule has 1 unspecified atom stereocenters. The third-order valence-electron chi connectivity index (χ3n) is 2.89. The highest BCUT2D eigenvalue weighted by Gasteiger charge is 2.28. The molecule has 0 amide bonds. The number of rotatable bonds is 6. The van der Waals surface area contributed by atoms with Crippen LogP contribution in [-0.2, 0) is 16.6 Å². The molecule has 1 aliphatic rings. The number of furan rings is 1. The highest BCUT2D eigenvalue weighted by Crippen LogP contribution is 2.34. The number of aliphatic hydroxyl groups is 1. The third kappa shape index (κ3) is 3.34. The van der Waals surface area contributed by atoms with Gasteiger partial charge in [-0.05, 0) is 35.2 Å². The molecule has 102 valence electrons. The Hall–Kier alpha value is -0.370. The highest BCUT2D eigenvalue weighted by molar-refractivity contribution is 9.10. The van der Waals surface area contributed by atoms with Crippen LogP contribution >= 0.6 is 15.9 Å². The molecule has 1 saturated carbocycles. The molecule has 0 saturated heterocycles. The summed E-state index contributed by atoms with van der Waals surface area (Å²) < 4.78 is 32.0. The summed E-state index contributed by atoms with van der Waals surface area (Å²) >= 11 is 3.05. The molecule has 2 N–H and O–H groups in total. The van der Waals surface area contributed by atoms with Gasteiger partial charge in [-0.3, -0.25) is 0 Å². The Balaban J connectivity index is 2.10. The Bertz CT molecular complexity index is 521. The number of hydrogen-bond acceptors (Lipinski definition) is 4. The van der Waals surface area contributed by atoms with Crippen molar-refractivity contribution < 1.29 is 17.9 Å². The highest BCUT2D eigenvalue weighted by atomic mass is 79.9. The van der Waals surface area contributed by atoms with Gasteiger partial charge in [-0.15, -0.1) is 0 Å². The Morgan fingerprint density at radius 3 is 2.78 bits per heavy atom. The number of halogens is 1. The molecule has 0 spiro atoms. The van der Waals surface area contributed by atoms with Gasteiger partial charge in [0.1, 0.15) is 17.3 Å². The third-order valence-corrected chi connectivity index (χ3v) is 5.34. The Kier molecular flexibility index (Phi) is 4.15. The smallest absolute Gasteiger partial charge is 0.245 e. The van der Waals surface area contributed by atoms with Crippen LogP contribution in [0.1, 0.15) is 31.9 Å². The van der Waals surface area contributed by atoms with Gasteiger partial charge in [0, 0.05) is 12.1 Å². The second-order valence-electron chi connectivity index (χ2n) is 4.71. The van der Waals surface area contributed by atoms with E-state index in [1.165, 1.54) is 18.9 Å². The van der Waals surface area contributed by atoms with Crippen LogP contribution in [0.3, 0.4) is 0 Å². The molecule has 7 heteroatoms. The fraction of sp³-hybridized carbons (Fsp3) is 0.636. The van der Waals surface area contributed by atoms with Gasteiger partial charge in [-0.2, -0.15) is 0 Å². The zero-order chi connectivity index (χ0) is 13.3. The van der Waals surface area contributed by atoms with Gasteiger partial charge in [0.15, 0.2) is 4.67 Å². The predicted molar refractivity (Wildman–Crippen MR) is 69.5 cm³/mol. The summed E-state index contributed by atoms with van der Waals surface area (Å²) in [4.78, 5) is 0.0363. The van der Waals surface area contributed by atoms with Gasteiger partial charge < -0.3 is 9.52 Å². The molecule has 0 radical (unpaired) electrons. The number of nitrogens with one attached hydrogen (secondary N) is 1. The van der Waals surface area contributed by atoms with E-state index in [0.29, 0.717) is 5.92 Å². The largest absolute Gasteiger partial charge is 0.450 e. The SMILES string of the molecule is CC(CC1CC1)NS(=O)(=O)c1cc(CO)oc1Br. The quantitative estimate of drug-likeness (QED) is 0.832. The van der Waals surface area contributed by atoms with Gasteiger partial charge in [-0.1, -0.05) is 12.8 Å². The van der Waals surface area contributed by atoms with E-state index in [-0.39, 0.29) is 28.0 Å². The lowest BCUT2D eigenvalue weighted by molar-refractivity contribution is 0.245. The summed E-state index contributed by atoms with van der Waals surface area (Å²) in [7, 11) is -3.60.